The first-order valence-corrected chi connectivity index (χ1v) is 10.2. The first-order valence-electron chi connectivity index (χ1n) is 8.71. The lowest BCUT2D eigenvalue weighted by molar-refractivity contribution is -0.113. The Morgan fingerprint density at radius 3 is 2.67 bits per heavy atom. The van der Waals surface area contributed by atoms with E-state index in [-0.39, 0.29) is 11.8 Å². The van der Waals surface area contributed by atoms with Crippen LogP contribution < -0.4 is 5.32 Å². The third-order valence-electron chi connectivity index (χ3n) is 4.12. The second-order valence-corrected chi connectivity index (χ2v) is 7.54. The van der Waals surface area contributed by atoms with E-state index in [1.807, 2.05) is 30.3 Å². The number of morpholine rings is 1. The highest BCUT2D eigenvalue weighted by Gasteiger charge is 2.21. The van der Waals surface area contributed by atoms with Crippen molar-refractivity contribution in [2.45, 2.75) is 5.75 Å². The highest BCUT2D eigenvalue weighted by molar-refractivity contribution is 7.99. The van der Waals surface area contributed by atoms with E-state index >= 15 is 0 Å². The molecule has 0 bridgehead atoms. The number of anilines is 1. The summed E-state index contributed by atoms with van der Waals surface area (Å²) in [5.41, 5.74) is 2.12. The van der Waals surface area contributed by atoms with Crippen molar-refractivity contribution in [1.29, 1.82) is 0 Å². The summed E-state index contributed by atoms with van der Waals surface area (Å²) in [5.74, 6) is 0.777. The van der Waals surface area contributed by atoms with E-state index in [1.165, 1.54) is 11.8 Å². The van der Waals surface area contributed by atoms with E-state index in [0.717, 1.165) is 5.56 Å². The minimum Gasteiger partial charge on any atom is -0.378 e. The Kier molecular flexibility index (Phi) is 7.15. The van der Waals surface area contributed by atoms with Gasteiger partial charge in [-0.2, -0.15) is 0 Å². The number of nitrogens with zero attached hydrogens (tertiary/aromatic N) is 1. The summed E-state index contributed by atoms with van der Waals surface area (Å²) < 4.78 is 5.29. The van der Waals surface area contributed by atoms with Gasteiger partial charge in [0.25, 0.3) is 5.91 Å². The first-order chi connectivity index (χ1) is 13.1. The van der Waals surface area contributed by atoms with Gasteiger partial charge in [0, 0.05) is 23.9 Å². The van der Waals surface area contributed by atoms with Crippen molar-refractivity contribution in [2.75, 3.05) is 37.4 Å². The van der Waals surface area contributed by atoms with Gasteiger partial charge in [-0.1, -0.05) is 35.9 Å². The Morgan fingerprint density at radius 1 is 1.11 bits per heavy atom. The van der Waals surface area contributed by atoms with E-state index in [1.54, 1.807) is 23.1 Å². The molecule has 2 aromatic rings. The van der Waals surface area contributed by atoms with E-state index in [4.69, 9.17) is 16.3 Å². The summed E-state index contributed by atoms with van der Waals surface area (Å²) in [7, 11) is 0. The predicted octanol–water partition coefficient (Wildman–Crippen LogP) is 3.68. The molecule has 0 aromatic heterocycles. The summed E-state index contributed by atoms with van der Waals surface area (Å²) in [6, 6.07) is 14.7. The Labute approximate surface area is 168 Å². The maximum atomic E-state index is 12.7. The van der Waals surface area contributed by atoms with E-state index < -0.39 is 0 Å². The summed E-state index contributed by atoms with van der Waals surface area (Å²) >= 11 is 7.47. The molecule has 1 aliphatic rings. The van der Waals surface area contributed by atoms with E-state index in [0.29, 0.717) is 54.1 Å². The fourth-order valence-corrected chi connectivity index (χ4v) is 3.78. The fraction of sp³-hybridized carbons (Fsp3) is 0.300. The van der Waals surface area contributed by atoms with Crippen LogP contribution in [0, 0.1) is 0 Å². The molecule has 142 valence electrons. The molecule has 3 rings (SSSR count). The normalized spacial score (nSPS) is 14.0. The van der Waals surface area contributed by atoms with Gasteiger partial charge < -0.3 is 15.0 Å². The number of hydrogen-bond acceptors (Lipinski definition) is 4. The lowest BCUT2D eigenvalue weighted by Crippen LogP contribution is -2.41. The summed E-state index contributed by atoms with van der Waals surface area (Å²) in [6.45, 7) is 2.22. The van der Waals surface area contributed by atoms with Crippen molar-refractivity contribution in [3.05, 3.63) is 64.7 Å². The van der Waals surface area contributed by atoms with Crippen LogP contribution in [0.4, 0.5) is 5.69 Å². The molecule has 1 aliphatic heterocycles. The molecule has 2 aromatic carbocycles. The Balaban J connectivity index is 1.56. The van der Waals surface area contributed by atoms with Gasteiger partial charge in [0.2, 0.25) is 5.91 Å². The highest BCUT2D eigenvalue weighted by atomic mass is 35.5. The Morgan fingerprint density at radius 2 is 1.89 bits per heavy atom. The van der Waals surface area contributed by atoms with Crippen LogP contribution in [0.3, 0.4) is 0 Å². The molecule has 1 saturated heterocycles. The monoisotopic (exact) mass is 404 g/mol. The van der Waals surface area contributed by atoms with Gasteiger partial charge in [0.05, 0.1) is 30.2 Å². The molecule has 0 radical (unpaired) electrons. The standard InChI is InChI=1S/C20H21ClN2O3S/c21-16-5-3-4-15(12-16)13-27-14-19(24)22-18-7-2-1-6-17(18)20(25)23-8-10-26-11-9-23/h1-7,12H,8-11,13-14H2,(H,22,24). The minimum absolute atomic E-state index is 0.0826. The Bertz CT molecular complexity index is 809. The van der Waals surface area contributed by atoms with E-state index in [2.05, 4.69) is 5.32 Å². The second kappa shape index (κ2) is 9.78. The fourth-order valence-electron chi connectivity index (χ4n) is 2.79. The maximum Gasteiger partial charge on any atom is 0.256 e. The maximum absolute atomic E-state index is 12.7. The van der Waals surface area contributed by atoms with Crippen LogP contribution in [-0.4, -0.2) is 48.8 Å². The molecule has 7 heteroatoms. The first kappa shape index (κ1) is 19.7. The average Bonchev–Trinajstić information content (AvgIpc) is 2.69. The number of ether oxygens (including phenoxy) is 1. The third-order valence-corrected chi connectivity index (χ3v) is 5.36. The van der Waals surface area contributed by atoms with Crippen molar-refractivity contribution in [3.63, 3.8) is 0 Å². The zero-order chi connectivity index (χ0) is 19.1. The molecular formula is C20H21ClN2O3S. The molecule has 1 fully saturated rings. The number of carbonyl (C=O) groups excluding carboxylic acids is 2. The molecule has 5 nitrogen and oxygen atoms in total. The van der Waals surface area contributed by atoms with Gasteiger partial charge in [-0.3, -0.25) is 9.59 Å². The topological polar surface area (TPSA) is 58.6 Å². The van der Waals surface area contributed by atoms with Gasteiger partial charge in [0.15, 0.2) is 0 Å². The van der Waals surface area contributed by atoms with Gasteiger partial charge in [0.1, 0.15) is 0 Å². The summed E-state index contributed by atoms with van der Waals surface area (Å²) in [4.78, 5) is 26.8. The summed E-state index contributed by atoms with van der Waals surface area (Å²) in [6.07, 6.45) is 0. The summed E-state index contributed by atoms with van der Waals surface area (Å²) in [5, 5.41) is 3.55. The number of carbonyl (C=O) groups is 2. The number of rotatable bonds is 6. The van der Waals surface area contributed by atoms with Crippen LogP contribution in [0.25, 0.3) is 0 Å². The quantitative estimate of drug-likeness (QED) is 0.797. The number of thioether (sulfide) groups is 1. The van der Waals surface area contributed by atoms with Crippen molar-refractivity contribution < 1.29 is 14.3 Å². The Hall–Kier alpha value is -2.02. The molecule has 2 amide bonds. The molecule has 0 unspecified atom stereocenters. The van der Waals surface area contributed by atoms with E-state index in [9.17, 15) is 9.59 Å². The number of benzene rings is 2. The molecule has 0 saturated carbocycles. The average molecular weight is 405 g/mol. The molecule has 0 aliphatic carbocycles. The SMILES string of the molecule is O=C(CSCc1cccc(Cl)c1)Nc1ccccc1C(=O)N1CCOCC1. The van der Waals surface area contributed by atoms with Crippen molar-refractivity contribution in [3.8, 4) is 0 Å². The van der Waals surface area contributed by atoms with Crippen LogP contribution in [0.15, 0.2) is 48.5 Å². The predicted molar refractivity (Wildman–Crippen MR) is 109 cm³/mol. The van der Waals surface area contributed by atoms with Crippen LogP contribution >= 0.6 is 23.4 Å². The minimum atomic E-state index is -0.135. The number of hydrogen-bond donors (Lipinski definition) is 1. The van der Waals surface area contributed by atoms with Crippen molar-refractivity contribution in [2.24, 2.45) is 0 Å². The van der Waals surface area contributed by atoms with Gasteiger partial charge in [-0.25, -0.2) is 0 Å². The van der Waals surface area contributed by atoms with Gasteiger partial charge in [-0.05, 0) is 29.8 Å². The molecule has 1 heterocycles. The van der Waals surface area contributed by atoms with Gasteiger partial charge in [-0.15, -0.1) is 11.8 Å². The van der Waals surface area contributed by atoms with Crippen molar-refractivity contribution >= 4 is 40.9 Å². The molecular weight excluding hydrogens is 384 g/mol. The number of nitrogens with one attached hydrogen (secondary N) is 1. The highest BCUT2D eigenvalue weighted by Crippen LogP contribution is 2.20. The molecule has 0 spiro atoms. The van der Waals surface area contributed by atoms with Crippen LogP contribution in [0.2, 0.25) is 5.02 Å². The van der Waals surface area contributed by atoms with Crippen molar-refractivity contribution in [1.82, 2.24) is 4.90 Å². The number of halogens is 1. The third kappa shape index (κ3) is 5.73. The van der Waals surface area contributed by atoms with Gasteiger partial charge >= 0.3 is 0 Å². The largest absolute Gasteiger partial charge is 0.378 e. The smallest absolute Gasteiger partial charge is 0.256 e. The zero-order valence-corrected chi connectivity index (χ0v) is 16.4. The lowest BCUT2D eigenvalue weighted by atomic mass is 10.1. The second-order valence-electron chi connectivity index (χ2n) is 6.12. The number of para-hydroxylation sites is 1. The molecule has 0 atom stereocenters. The molecule has 1 N–H and O–H groups in total. The van der Waals surface area contributed by atoms with Crippen LogP contribution in [0.5, 0.6) is 0 Å². The lowest BCUT2D eigenvalue weighted by Gasteiger charge is -2.27. The van der Waals surface area contributed by atoms with Crippen LogP contribution in [0.1, 0.15) is 15.9 Å². The zero-order valence-electron chi connectivity index (χ0n) is 14.8. The number of amides is 2. The van der Waals surface area contributed by atoms with Crippen LogP contribution in [-0.2, 0) is 15.3 Å². The molecule has 27 heavy (non-hydrogen) atoms.